The maximum Gasteiger partial charge on any atom is 0.412 e. The van der Waals surface area contributed by atoms with Gasteiger partial charge < -0.3 is 19.1 Å². The number of ether oxygens (including phenoxy) is 3. The van der Waals surface area contributed by atoms with Crippen molar-refractivity contribution in [3.8, 4) is 29.3 Å². The first-order valence-electron chi connectivity index (χ1n) is 20.8. The summed E-state index contributed by atoms with van der Waals surface area (Å²) in [5.41, 5.74) is -1.67. The van der Waals surface area contributed by atoms with Gasteiger partial charge in [-0.3, -0.25) is 15.1 Å². The Labute approximate surface area is 362 Å². The normalized spacial score (nSPS) is 23.2. The van der Waals surface area contributed by atoms with E-state index in [1.165, 1.54) is 12.1 Å². The van der Waals surface area contributed by atoms with Gasteiger partial charge in [0.05, 0.1) is 33.4 Å². The molecular formula is C44H49ClF2N8O5S. The predicted octanol–water partition coefficient (Wildman–Crippen LogP) is 9.78. The molecule has 322 valence electrons. The van der Waals surface area contributed by atoms with Gasteiger partial charge in [-0.25, -0.2) is 18.4 Å². The molecule has 0 radical (unpaired) electrons. The molecule has 4 fully saturated rings. The molecule has 0 spiro atoms. The second-order valence-electron chi connectivity index (χ2n) is 18.6. The number of benzene rings is 2. The van der Waals surface area contributed by atoms with Crippen molar-refractivity contribution in [2.24, 2.45) is 5.92 Å². The lowest BCUT2D eigenvalue weighted by atomic mass is 9.92. The number of nitriles is 2. The molecule has 17 heteroatoms. The van der Waals surface area contributed by atoms with Crippen molar-refractivity contribution in [3.05, 3.63) is 40.4 Å². The largest absolute Gasteiger partial charge is 0.459 e. The van der Waals surface area contributed by atoms with Crippen LogP contribution < -0.4 is 15.0 Å². The highest BCUT2D eigenvalue weighted by molar-refractivity contribution is 7.23. The highest BCUT2D eigenvalue weighted by Crippen LogP contribution is 2.47. The molecule has 4 aliphatic rings. The molecule has 2 amide bonds. The minimum atomic E-state index is -0.840. The van der Waals surface area contributed by atoms with Gasteiger partial charge in [0.2, 0.25) is 0 Å². The predicted molar refractivity (Wildman–Crippen MR) is 229 cm³/mol. The van der Waals surface area contributed by atoms with Crippen molar-refractivity contribution < 1.29 is 32.6 Å². The SMILES string of the molecule is CC(CN1C2CCC1CC(C#N)C2)Oc1nc(N2CC3CCC(C2)N3C(=O)OC(C)(C)C)c2cc(Cl)c(-c3ccc(F)c4sc(NC(=O)OC(C)(C)C)c(C#N)c34)c(F)c2n1. The topological polar surface area (TPSA) is 157 Å². The van der Waals surface area contributed by atoms with E-state index in [2.05, 4.69) is 27.3 Å². The second kappa shape index (κ2) is 16.0. The molecule has 1 N–H and O–H groups in total. The Morgan fingerprint density at radius 2 is 1.62 bits per heavy atom. The van der Waals surface area contributed by atoms with E-state index in [0.29, 0.717) is 30.8 Å². The average Bonchev–Trinajstić information content (AvgIpc) is 3.74. The van der Waals surface area contributed by atoms with Crippen molar-refractivity contribution in [1.29, 1.82) is 10.5 Å². The van der Waals surface area contributed by atoms with Crippen molar-refractivity contribution in [2.45, 2.75) is 128 Å². The summed E-state index contributed by atoms with van der Waals surface area (Å²) >= 11 is 7.86. The first-order chi connectivity index (χ1) is 28.8. The first kappa shape index (κ1) is 42.7. The first-order valence-corrected chi connectivity index (χ1v) is 21.9. The standard InChI is InChI=1S/C44H49ClF2N8O5S/c1-22(19-54-24-8-9-25(54)15-23(14-24)17-48)58-40-50-36-29(38(51-40)53-20-26-10-11-27(21-53)55(26)42(57)60-44(5,6)7)16-31(45)34(35(36)47)28-12-13-32(46)37-33(28)30(18-49)39(61-37)52-41(56)59-43(2,3)4/h12-13,16,22-27H,8-11,14-15,19-21H2,1-7H3,(H,52,56). The molecule has 2 aromatic carbocycles. The number of fused-ring (bicyclic) bond motifs is 6. The molecule has 0 aliphatic carbocycles. The summed E-state index contributed by atoms with van der Waals surface area (Å²) in [6, 6.07) is 8.76. The van der Waals surface area contributed by atoms with Gasteiger partial charge in [0.25, 0.3) is 0 Å². The zero-order valence-electron chi connectivity index (χ0n) is 35.3. The monoisotopic (exact) mass is 874 g/mol. The summed E-state index contributed by atoms with van der Waals surface area (Å²) in [7, 11) is 0. The Kier molecular flexibility index (Phi) is 11.2. The lowest BCUT2D eigenvalue weighted by Gasteiger charge is -2.42. The van der Waals surface area contributed by atoms with Gasteiger partial charge in [0.1, 0.15) is 45.5 Å². The summed E-state index contributed by atoms with van der Waals surface area (Å²) in [5.74, 6) is -1.08. The lowest BCUT2D eigenvalue weighted by molar-refractivity contribution is 0.0122. The molecule has 4 bridgehead atoms. The number of amides is 2. The molecule has 61 heavy (non-hydrogen) atoms. The summed E-state index contributed by atoms with van der Waals surface area (Å²) < 4.78 is 50.7. The number of anilines is 2. The number of halogens is 3. The summed E-state index contributed by atoms with van der Waals surface area (Å²) in [5, 5.41) is 23.0. The second-order valence-corrected chi connectivity index (χ2v) is 20.0. The fourth-order valence-corrected chi connectivity index (χ4v) is 10.9. The summed E-state index contributed by atoms with van der Waals surface area (Å²) in [4.78, 5) is 42.0. The van der Waals surface area contributed by atoms with E-state index in [4.69, 9.17) is 30.8 Å². The molecular weight excluding hydrogens is 826 g/mol. The van der Waals surface area contributed by atoms with Crippen LogP contribution in [-0.4, -0.2) is 93.1 Å². The van der Waals surface area contributed by atoms with E-state index in [1.54, 1.807) is 31.7 Å². The van der Waals surface area contributed by atoms with Crippen molar-refractivity contribution in [3.63, 3.8) is 0 Å². The van der Waals surface area contributed by atoms with E-state index in [0.717, 1.165) is 49.9 Å². The van der Waals surface area contributed by atoms with Crippen LogP contribution >= 0.6 is 22.9 Å². The highest BCUT2D eigenvalue weighted by Gasteiger charge is 2.46. The number of aromatic nitrogens is 2. The zero-order valence-corrected chi connectivity index (χ0v) is 36.8. The molecule has 0 saturated carbocycles. The van der Waals surface area contributed by atoms with Crippen LogP contribution in [0.25, 0.3) is 32.1 Å². The number of nitrogens with zero attached hydrogens (tertiary/aromatic N) is 7. The minimum Gasteiger partial charge on any atom is -0.459 e. The van der Waals surface area contributed by atoms with Crippen molar-refractivity contribution in [2.75, 3.05) is 29.9 Å². The fraction of sp³-hybridized carbons (Fsp3) is 0.545. The number of rotatable bonds is 7. The molecule has 13 nitrogen and oxygen atoms in total. The van der Waals surface area contributed by atoms with Crippen LogP contribution in [0.5, 0.6) is 6.01 Å². The Bertz CT molecular complexity index is 2480. The fourth-order valence-electron chi connectivity index (χ4n) is 9.55. The van der Waals surface area contributed by atoms with Crippen LogP contribution in [0, 0.1) is 40.2 Å². The third-order valence-corrected chi connectivity index (χ3v) is 13.3. The lowest BCUT2D eigenvalue weighted by Crippen LogP contribution is -2.57. The van der Waals surface area contributed by atoms with E-state index in [9.17, 15) is 20.1 Å². The van der Waals surface area contributed by atoms with Gasteiger partial charge in [0, 0.05) is 54.0 Å². The number of piperidine rings is 1. The van der Waals surface area contributed by atoms with Crippen LogP contribution in [-0.2, 0) is 9.47 Å². The molecule has 8 rings (SSSR count). The number of hydrogen-bond donors (Lipinski definition) is 1. The Hall–Kier alpha value is -5.03. The van der Waals surface area contributed by atoms with Gasteiger partial charge in [-0.1, -0.05) is 17.7 Å². The molecule has 5 atom stereocenters. The van der Waals surface area contributed by atoms with Crippen LogP contribution in [0.1, 0.15) is 92.6 Å². The van der Waals surface area contributed by atoms with Crippen LogP contribution in [0.4, 0.5) is 29.2 Å². The van der Waals surface area contributed by atoms with E-state index in [-0.39, 0.29) is 84.5 Å². The molecule has 5 unspecified atom stereocenters. The molecule has 4 aromatic rings. The van der Waals surface area contributed by atoms with E-state index < -0.39 is 35.0 Å². The smallest absolute Gasteiger partial charge is 0.412 e. The van der Waals surface area contributed by atoms with Crippen LogP contribution in [0.2, 0.25) is 5.02 Å². The Balaban J connectivity index is 1.21. The minimum absolute atomic E-state index is 0.0167. The van der Waals surface area contributed by atoms with Crippen LogP contribution in [0.15, 0.2) is 18.2 Å². The van der Waals surface area contributed by atoms with Crippen LogP contribution in [0.3, 0.4) is 0 Å². The number of carbonyl (C=O) groups is 2. The third kappa shape index (κ3) is 8.34. The Morgan fingerprint density at radius 3 is 2.23 bits per heavy atom. The van der Waals surface area contributed by atoms with Gasteiger partial charge in [-0.2, -0.15) is 20.5 Å². The van der Waals surface area contributed by atoms with E-state index >= 15 is 8.78 Å². The molecule has 4 saturated heterocycles. The molecule has 4 aliphatic heterocycles. The number of nitrogens with one attached hydrogen (secondary N) is 1. The maximum atomic E-state index is 17.6. The number of carbonyl (C=O) groups excluding carboxylic acids is 2. The quantitative estimate of drug-likeness (QED) is 0.189. The Morgan fingerprint density at radius 1 is 0.984 bits per heavy atom. The zero-order chi connectivity index (χ0) is 43.7. The summed E-state index contributed by atoms with van der Waals surface area (Å²) in [6.07, 6.45) is 3.55. The third-order valence-electron chi connectivity index (χ3n) is 11.9. The van der Waals surface area contributed by atoms with E-state index in [1.807, 2.05) is 32.6 Å². The van der Waals surface area contributed by atoms with Gasteiger partial charge >= 0.3 is 18.2 Å². The van der Waals surface area contributed by atoms with Gasteiger partial charge in [-0.05, 0) is 105 Å². The summed E-state index contributed by atoms with van der Waals surface area (Å²) in [6.45, 7) is 13.8. The number of thiophene rings is 1. The van der Waals surface area contributed by atoms with Crippen molar-refractivity contribution >= 4 is 66.9 Å². The maximum absolute atomic E-state index is 17.6. The van der Waals surface area contributed by atoms with Gasteiger partial charge in [0.15, 0.2) is 5.82 Å². The average molecular weight is 875 g/mol. The molecule has 2 aromatic heterocycles. The number of hydrogen-bond acceptors (Lipinski definition) is 12. The number of piperazine rings is 1. The highest BCUT2D eigenvalue weighted by atomic mass is 35.5. The van der Waals surface area contributed by atoms with Gasteiger partial charge in [-0.15, -0.1) is 11.3 Å². The molecule has 6 heterocycles. The van der Waals surface area contributed by atoms with Crippen molar-refractivity contribution in [1.82, 2.24) is 19.8 Å².